The van der Waals surface area contributed by atoms with Crippen LogP contribution >= 0.6 is 0 Å². The number of non-ortho nitro benzene ring substituents is 1. The molecular weight excluding hydrogens is 398 g/mol. The lowest BCUT2D eigenvalue weighted by molar-refractivity contribution is -0.383. The van der Waals surface area contributed by atoms with Gasteiger partial charge in [0.05, 0.1) is 10.8 Å². The SMILES string of the molecule is NC(=O)C1CCCN(Cc2ccccc2NC(=O)c2cc3cccc([N+](=O)[O-])c3[nH]2)C1. The third kappa shape index (κ3) is 4.41. The highest BCUT2D eigenvalue weighted by molar-refractivity contribution is 6.07. The van der Waals surface area contributed by atoms with Gasteiger partial charge in [-0.1, -0.05) is 30.3 Å². The van der Waals surface area contributed by atoms with E-state index >= 15 is 0 Å². The van der Waals surface area contributed by atoms with Gasteiger partial charge in [0.15, 0.2) is 0 Å². The zero-order valence-corrected chi connectivity index (χ0v) is 16.8. The van der Waals surface area contributed by atoms with Gasteiger partial charge in [-0.15, -0.1) is 0 Å². The van der Waals surface area contributed by atoms with E-state index in [1.54, 1.807) is 18.2 Å². The van der Waals surface area contributed by atoms with Gasteiger partial charge in [0, 0.05) is 30.2 Å². The third-order valence-corrected chi connectivity index (χ3v) is 5.64. The number of amides is 2. The van der Waals surface area contributed by atoms with Gasteiger partial charge in [0.1, 0.15) is 11.2 Å². The molecule has 0 spiro atoms. The molecule has 1 aliphatic rings. The second-order valence-corrected chi connectivity index (χ2v) is 7.77. The number of fused-ring (bicyclic) bond motifs is 1. The molecule has 0 radical (unpaired) electrons. The highest BCUT2D eigenvalue weighted by atomic mass is 16.6. The van der Waals surface area contributed by atoms with Crippen LogP contribution in [-0.4, -0.2) is 39.7 Å². The third-order valence-electron chi connectivity index (χ3n) is 5.64. The average molecular weight is 421 g/mol. The molecule has 1 aliphatic heterocycles. The van der Waals surface area contributed by atoms with E-state index in [9.17, 15) is 19.7 Å². The number of H-pyrrole nitrogens is 1. The van der Waals surface area contributed by atoms with E-state index in [2.05, 4.69) is 15.2 Å². The van der Waals surface area contributed by atoms with Crippen molar-refractivity contribution >= 4 is 34.1 Å². The number of primary amides is 1. The molecule has 4 N–H and O–H groups in total. The molecule has 1 atom stereocenters. The van der Waals surface area contributed by atoms with Crippen LogP contribution in [0.3, 0.4) is 0 Å². The molecule has 160 valence electrons. The van der Waals surface area contributed by atoms with Gasteiger partial charge in [-0.05, 0) is 37.1 Å². The van der Waals surface area contributed by atoms with Gasteiger partial charge >= 0.3 is 0 Å². The van der Waals surface area contributed by atoms with E-state index < -0.39 is 4.92 Å². The Morgan fingerprint density at radius 3 is 2.81 bits per heavy atom. The Labute approximate surface area is 178 Å². The van der Waals surface area contributed by atoms with Gasteiger partial charge in [0.2, 0.25) is 5.91 Å². The van der Waals surface area contributed by atoms with Crippen LogP contribution in [0.1, 0.15) is 28.9 Å². The quantitative estimate of drug-likeness (QED) is 0.415. The number of hydrogen-bond donors (Lipinski definition) is 3. The number of nitrogens with zero attached hydrogens (tertiary/aromatic N) is 2. The Bertz CT molecular complexity index is 1160. The standard InChI is InChI=1S/C22H23N5O4/c23-21(28)16-7-4-10-26(13-16)12-15-5-1-2-8-17(15)25-22(29)18-11-14-6-3-9-19(27(30)31)20(14)24-18/h1-3,5-6,8-9,11,16,24H,4,7,10,12-13H2,(H2,23,28)(H,25,29). The molecule has 1 fully saturated rings. The van der Waals surface area contributed by atoms with Crippen LogP contribution in [-0.2, 0) is 11.3 Å². The van der Waals surface area contributed by atoms with Crippen molar-refractivity contribution in [1.29, 1.82) is 0 Å². The summed E-state index contributed by atoms with van der Waals surface area (Å²) in [6.07, 6.45) is 1.70. The first-order valence-corrected chi connectivity index (χ1v) is 10.1. The molecule has 3 aromatic rings. The van der Waals surface area contributed by atoms with Crippen LogP contribution in [0.25, 0.3) is 10.9 Å². The van der Waals surface area contributed by atoms with Crippen LogP contribution in [0, 0.1) is 16.0 Å². The monoisotopic (exact) mass is 421 g/mol. The minimum Gasteiger partial charge on any atom is -0.369 e. The molecule has 9 nitrogen and oxygen atoms in total. The second kappa shape index (κ2) is 8.57. The topological polar surface area (TPSA) is 134 Å². The lowest BCUT2D eigenvalue weighted by atomic mass is 9.97. The van der Waals surface area contributed by atoms with Crippen LogP contribution in [0.5, 0.6) is 0 Å². The largest absolute Gasteiger partial charge is 0.369 e. The van der Waals surface area contributed by atoms with Gasteiger partial charge in [0.25, 0.3) is 11.6 Å². The number of rotatable bonds is 6. The molecule has 2 aromatic carbocycles. The van der Waals surface area contributed by atoms with Crippen molar-refractivity contribution in [3.8, 4) is 0 Å². The number of nitrogens with two attached hydrogens (primary N) is 1. The molecule has 0 aliphatic carbocycles. The molecule has 9 heteroatoms. The number of likely N-dealkylation sites (tertiary alicyclic amines) is 1. The number of hydrogen-bond acceptors (Lipinski definition) is 5. The Kier molecular flexibility index (Phi) is 5.68. The molecule has 2 heterocycles. The van der Waals surface area contributed by atoms with Gasteiger partial charge < -0.3 is 16.0 Å². The van der Waals surface area contributed by atoms with Crippen LogP contribution in [0.15, 0.2) is 48.5 Å². The molecule has 1 saturated heterocycles. The number of nitrogens with one attached hydrogen (secondary N) is 2. The highest BCUT2D eigenvalue weighted by Gasteiger charge is 2.24. The summed E-state index contributed by atoms with van der Waals surface area (Å²) in [7, 11) is 0. The average Bonchev–Trinajstić information content (AvgIpc) is 3.20. The number of para-hydroxylation sites is 2. The van der Waals surface area contributed by atoms with Crippen molar-refractivity contribution in [3.63, 3.8) is 0 Å². The van der Waals surface area contributed by atoms with E-state index in [-0.39, 0.29) is 29.1 Å². The fraction of sp³-hybridized carbons (Fsp3) is 0.273. The van der Waals surface area contributed by atoms with Crippen molar-refractivity contribution < 1.29 is 14.5 Å². The summed E-state index contributed by atoms with van der Waals surface area (Å²) in [6.45, 7) is 2.04. The number of benzene rings is 2. The van der Waals surface area contributed by atoms with Crippen molar-refractivity contribution in [2.45, 2.75) is 19.4 Å². The fourth-order valence-electron chi connectivity index (χ4n) is 4.06. The Balaban J connectivity index is 1.53. The molecule has 0 saturated carbocycles. The second-order valence-electron chi connectivity index (χ2n) is 7.77. The molecule has 1 unspecified atom stereocenters. The summed E-state index contributed by atoms with van der Waals surface area (Å²) in [5, 5.41) is 14.7. The first kappa shape index (κ1) is 20.5. The lowest BCUT2D eigenvalue weighted by Crippen LogP contribution is -2.40. The zero-order chi connectivity index (χ0) is 22.0. The Hall–Kier alpha value is -3.72. The predicted molar refractivity (Wildman–Crippen MR) is 117 cm³/mol. The minimum atomic E-state index is -0.478. The number of aromatic amines is 1. The maximum absolute atomic E-state index is 12.9. The summed E-state index contributed by atoms with van der Waals surface area (Å²) >= 11 is 0. The molecule has 0 bridgehead atoms. The lowest BCUT2D eigenvalue weighted by Gasteiger charge is -2.31. The summed E-state index contributed by atoms with van der Waals surface area (Å²) < 4.78 is 0. The first-order chi connectivity index (χ1) is 14.9. The van der Waals surface area contributed by atoms with Crippen LogP contribution in [0.4, 0.5) is 11.4 Å². The summed E-state index contributed by atoms with van der Waals surface area (Å²) in [6, 6.07) is 13.8. The van der Waals surface area contributed by atoms with E-state index in [4.69, 9.17) is 5.73 Å². The fourth-order valence-corrected chi connectivity index (χ4v) is 4.06. The smallest absolute Gasteiger partial charge is 0.293 e. The number of nitro benzene ring substituents is 1. The predicted octanol–water partition coefficient (Wildman–Crippen LogP) is 3.03. The summed E-state index contributed by atoms with van der Waals surface area (Å²) in [5.41, 5.74) is 7.53. The first-order valence-electron chi connectivity index (χ1n) is 10.1. The Morgan fingerprint density at radius 2 is 2.03 bits per heavy atom. The summed E-state index contributed by atoms with van der Waals surface area (Å²) in [4.78, 5) is 40.2. The number of carbonyl (C=O) groups excluding carboxylic acids is 2. The molecule has 31 heavy (non-hydrogen) atoms. The molecule has 1 aromatic heterocycles. The molecule has 4 rings (SSSR count). The van der Waals surface area contributed by atoms with Crippen LogP contribution < -0.4 is 11.1 Å². The van der Waals surface area contributed by atoms with E-state index in [1.165, 1.54) is 6.07 Å². The number of nitro groups is 1. The maximum atomic E-state index is 12.9. The number of aromatic nitrogens is 1. The zero-order valence-electron chi connectivity index (χ0n) is 16.8. The normalized spacial score (nSPS) is 16.8. The van der Waals surface area contributed by atoms with E-state index in [0.29, 0.717) is 29.7 Å². The van der Waals surface area contributed by atoms with Crippen molar-refractivity contribution in [3.05, 3.63) is 69.9 Å². The van der Waals surface area contributed by atoms with E-state index in [1.807, 2.05) is 24.3 Å². The van der Waals surface area contributed by atoms with E-state index in [0.717, 1.165) is 24.9 Å². The molecular formula is C22H23N5O4. The van der Waals surface area contributed by atoms with Crippen LogP contribution in [0.2, 0.25) is 0 Å². The van der Waals surface area contributed by atoms with Gasteiger partial charge in [-0.25, -0.2) is 0 Å². The van der Waals surface area contributed by atoms with Gasteiger partial charge in [-0.2, -0.15) is 0 Å². The van der Waals surface area contributed by atoms with Gasteiger partial charge in [-0.3, -0.25) is 24.6 Å². The molecule has 2 amide bonds. The van der Waals surface area contributed by atoms with Crippen molar-refractivity contribution in [2.75, 3.05) is 18.4 Å². The Morgan fingerprint density at radius 1 is 1.23 bits per heavy atom. The maximum Gasteiger partial charge on any atom is 0.293 e. The number of carbonyl (C=O) groups is 2. The summed E-state index contributed by atoms with van der Waals surface area (Å²) in [5.74, 6) is -0.816. The highest BCUT2D eigenvalue weighted by Crippen LogP contribution is 2.27. The number of piperidine rings is 1. The minimum absolute atomic E-state index is 0.0777. The van der Waals surface area contributed by atoms with Crippen molar-refractivity contribution in [1.82, 2.24) is 9.88 Å². The van der Waals surface area contributed by atoms with Crippen molar-refractivity contribution in [2.24, 2.45) is 11.7 Å². The number of anilines is 1.